The number of methoxy groups -OCH3 is 1. The predicted octanol–water partition coefficient (Wildman–Crippen LogP) is 2.52. The molecule has 0 aliphatic carbocycles. The molecule has 0 spiro atoms. The van der Waals surface area contributed by atoms with E-state index < -0.39 is 5.97 Å². The van der Waals surface area contributed by atoms with E-state index in [2.05, 4.69) is 5.10 Å². The predicted molar refractivity (Wildman–Crippen MR) is 95.7 cm³/mol. The fraction of sp³-hybridized carbons (Fsp3) is 0.421. The zero-order valence-electron chi connectivity index (χ0n) is 15.0. The van der Waals surface area contributed by atoms with Crippen LogP contribution in [0.3, 0.4) is 0 Å². The SMILES string of the molecule is COc1ccc(C)cc1-n1ccc(C(=O)N2CCC(CC(=O)O)CC2)n1. The van der Waals surface area contributed by atoms with Crippen LogP contribution in [0.25, 0.3) is 5.69 Å². The molecule has 2 aromatic rings. The van der Waals surface area contributed by atoms with Crippen LogP contribution in [0.2, 0.25) is 0 Å². The fourth-order valence-electron chi connectivity index (χ4n) is 3.30. The highest BCUT2D eigenvalue weighted by Gasteiger charge is 2.26. The topological polar surface area (TPSA) is 84.7 Å². The van der Waals surface area contributed by atoms with Crippen LogP contribution < -0.4 is 4.74 Å². The Hall–Kier alpha value is -2.83. The van der Waals surface area contributed by atoms with Gasteiger partial charge in [0, 0.05) is 25.7 Å². The molecular weight excluding hydrogens is 334 g/mol. The first-order chi connectivity index (χ1) is 12.5. The minimum absolute atomic E-state index is 0.121. The van der Waals surface area contributed by atoms with E-state index >= 15 is 0 Å². The average Bonchev–Trinajstić information content (AvgIpc) is 3.11. The summed E-state index contributed by atoms with van der Waals surface area (Å²) in [6, 6.07) is 7.49. The third-order valence-corrected chi connectivity index (χ3v) is 4.75. The molecule has 1 aliphatic heterocycles. The normalized spacial score (nSPS) is 15.1. The lowest BCUT2D eigenvalue weighted by molar-refractivity contribution is -0.138. The summed E-state index contributed by atoms with van der Waals surface area (Å²) in [7, 11) is 1.60. The van der Waals surface area contributed by atoms with Gasteiger partial charge < -0.3 is 14.7 Å². The van der Waals surface area contributed by atoms with Crippen molar-refractivity contribution in [1.82, 2.24) is 14.7 Å². The van der Waals surface area contributed by atoms with Crippen molar-refractivity contribution >= 4 is 11.9 Å². The molecule has 2 heterocycles. The molecule has 1 N–H and O–H groups in total. The lowest BCUT2D eigenvalue weighted by Gasteiger charge is -2.30. The summed E-state index contributed by atoms with van der Waals surface area (Å²) in [5.41, 5.74) is 2.24. The zero-order valence-corrected chi connectivity index (χ0v) is 15.0. The quantitative estimate of drug-likeness (QED) is 0.889. The molecule has 0 unspecified atom stereocenters. The number of nitrogens with zero attached hydrogens (tertiary/aromatic N) is 3. The number of carboxylic acids is 1. The largest absolute Gasteiger partial charge is 0.494 e. The molecule has 138 valence electrons. The number of amides is 1. The Morgan fingerprint density at radius 2 is 2.00 bits per heavy atom. The van der Waals surface area contributed by atoms with Crippen LogP contribution in [0.15, 0.2) is 30.5 Å². The van der Waals surface area contributed by atoms with Crippen LogP contribution >= 0.6 is 0 Å². The minimum Gasteiger partial charge on any atom is -0.494 e. The Labute approximate surface area is 152 Å². The Bertz CT molecular complexity index is 807. The molecule has 0 atom stereocenters. The summed E-state index contributed by atoms with van der Waals surface area (Å²) in [4.78, 5) is 25.3. The van der Waals surface area contributed by atoms with E-state index in [-0.39, 0.29) is 18.2 Å². The summed E-state index contributed by atoms with van der Waals surface area (Å²) >= 11 is 0. The first-order valence-electron chi connectivity index (χ1n) is 8.69. The molecule has 1 saturated heterocycles. The third-order valence-electron chi connectivity index (χ3n) is 4.75. The molecule has 1 aromatic carbocycles. The summed E-state index contributed by atoms with van der Waals surface area (Å²) in [6.07, 6.45) is 3.35. The molecule has 3 rings (SSSR count). The number of aromatic nitrogens is 2. The number of aliphatic carboxylic acids is 1. The smallest absolute Gasteiger partial charge is 0.303 e. The molecule has 0 saturated carbocycles. The second-order valence-corrected chi connectivity index (χ2v) is 6.65. The highest BCUT2D eigenvalue weighted by molar-refractivity contribution is 5.92. The average molecular weight is 357 g/mol. The van der Waals surface area contributed by atoms with Crippen LogP contribution in [0, 0.1) is 12.8 Å². The van der Waals surface area contributed by atoms with Gasteiger partial charge in [0.05, 0.1) is 7.11 Å². The molecule has 1 fully saturated rings. The second kappa shape index (κ2) is 7.59. The molecule has 1 aromatic heterocycles. The number of carboxylic acid groups (broad SMARTS) is 1. The summed E-state index contributed by atoms with van der Waals surface area (Å²) in [5, 5.41) is 13.3. The van der Waals surface area contributed by atoms with E-state index in [1.165, 1.54) is 0 Å². The monoisotopic (exact) mass is 357 g/mol. The van der Waals surface area contributed by atoms with Gasteiger partial charge in [-0.25, -0.2) is 4.68 Å². The van der Waals surface area contributed by atoms with Gasteiger partial charge in [0.25, 0.3) is 5.91 Å². The number of carbonyl (C=O) groups excluding carboxylic acids is 1. The fourth-order valence-corrected chi connectivity index (χ4v) is 3.30. The standard InChI is InChI=1S/C19H23N3O4/c1-13-3-4-17(26-2)16(11-13)22-10-7-15(20-22)19(25)21-8-5-14(6-9-21)12-18(23)24/h3-4,7,10-11,14H,5-6,8-9,12H2,1-2H3,(H,23,24). The molecule has 0 bridgehead atoms. The summed E-state index contributed by atoms with van der Waals surface area (Å²) in [6.45, 7) is 3.12. The van der Waals surface area contributed by atoms with Gasteiger partial charge >= 0.3 is 5.97 Å². The van der Waals surface area contributed by atoms with Crippen molar-refractivity contribution in [1.29, 1.82) is 0 Å². The Morgan fingerprint density at radius 3 is 2.65 bits per heavy atom. The highest BCUT2D eigenvalue weighted by atomic mass is 16.5. The van der Waals surface area contributed by atoms with Crippen LogP contribution in [0.1, 0.15) is 35.3 Å². The molecule has 7 nitrogen and oxygen atoms in total. The van der Waals surface area contributed by atoms with Crippen LogP contribution in [-0.4, -0.2) is 51.9 Å². The second-order valence-electron chi connectivity index (χ2n) is 6.65. The Kier molecular flexibility index (Phi) is 5.25. The molecule has 1 amide bonds. The van der Waals surface area contributed by atoms with Gasteiger partial charge in [-0.15, -0.1) is 0 Å². The van der Waals surface area contributed by atoms with Crippen molar-refractivity contribution < 1.29 is 19.4 Å². The number of hydrogen-bond acceptors (Lipinski definition) is 4. The molecule has 0 radical (unpaired) electrons. The van der Waals surface area contributed by atoms with Crippen molar-refractivity contribution in [2.75, 3.05) is 20.2 Å². The van der Waals surface area contributed by atoms with Crippen molar-refractivity contribution in [3.05, 3.63) is 41.7 Å². The number of carbonyl (C=O) groups is 2. The van der Waals surface area contributed by atoms with Crippen LogP contribution in [-0.2, 0) is 4.79 Å². The van der Waals surface area contributed by atoms with Crippen molar-refractivity contribution in [2.24, 2.45) is 5.92 Å². The van der Waals surface area contributed by atoms with Crippen LogP contribution in [0.4, 0.5) is 0 Å². The van der Waals surface area contributed by atoms with Crippen LogP contribution in [0.5, 0.6) is 5.75 Å². The van der Waals surface area contributed by atoms with Gasteiger partial charge in [-0.1, -0.05) is 6.07 Å². The maximum absolute atomic E-state index is 12.7. The van der Waals surface area contributed by atoms with E-state index in [1.807, 2.05) is 25.1 Å². The summed E-state index contributed by atoms with van der Waals surface area (Å²) in [5.74, 6) is -0.0670. The van der Waals surface area contributed by atoms with Gasteiger partial charge in [-0.05, 0) is 49.4 Å². The van der Waals surface area contributed by atoms with E-state index in [9.17, 15) is 9.59 Å². The Balaban J connectivity index is 1.71. The highest BCUT2D eigenvalue weighted by Crippen LogP contribution is 2.25. The number of likely N-dealkylation sites (tertiary alicyclic amines) is 1. The van der Waals surface area contributed by atoms with E-state index in [1.54, 1.807) is 29.0 Å². The van der Waals surface area contributed by atoms with Crippen molar-refractivity contribution in [3.8, 4) is 11.4 Å². The molecule has 7 heteroatoms. The van der Waals surface area contributed by atoms with E-state index in [0.29, 0.717) is 37.4 Å². The lowest BCUT2D eigenvalue weighted by atomic mass is 9.93. The maximum atomic E-state index is 12.7. The third kappa shape index (κ3) is 3.87. The van der Waals surface area contributed by atoms with Gasteiger partial charge in [0.2, 0.25) is 0 Å². The van der Waals surface area contributed by atoms with Gasteiger partial charge in [-0.2, -0.15) is 5.10 Å². The van der Waals surface area contributed by atoms with Gasteiger partial charge in [0.1, 0.15) is 11.4 Å². The van der Waals surface area contributed by atoms with E-state index in [4.69, 9.17) is 9.84 Å². The maximum Gasteiger partial charge on any atom is 0.303 e. The summed E-state index contributed by atoms with van der Waals surface area (Å²) < 4.78 is 7.03. The molecule has 1 aliphatic rings. The number of aryl methyl sites for hydroxylation is 1. The number of hydrogen-bond donors (Lipinski definition) is 1. The van der Waals surface area contributed by atoms with Crippen molar-refractivity contribution in [3.63, 3.8) is 0 Å². The number of ether oxygens (including phenoxy) is 1. The van der Waals surface area contributed by atoms with E-state index in [0.717, 1.165) is 11.3 Å². The van der Waals surface area contributed by atoms with Crippen molar-refractivity contribution in [2.45, 2.75) is 26.2 Å². The zero-order chi connectivity index (χ0) is 18.7. The van der Waals surface area contributed by atoms with Gasteiger partial charge in [-0.3, -0.25) is 9.59 Å². The minimum atomic E-state index is -0.777. The Morgan fingerprint density at radius 1 is 1.27 bits per heavy atom. The lowest BCUT2D eigenvalue weighted by Crippen LogP contribution is -2.39. The molecule has 26 heavy (non-hydrogen) atoms. The first-order valence-corrected chi connectivity index (χ1v) is 8.69. The van der Waals surface area contributed by atoms with Gasteiger partial charge in [0.15, 0.2) is 5.69 Å². The number of benzene rings is 1. The number of piperidine rings is 1. The first kappa shape index (κ1) is 18.0. The molecular formula is C19H23N3O4. The number of rotatable bonds is 5.